The number of nitrogens with one attached hydrogen (secondary N) is 1. The van der Waals surface area contributed by atoms with E-state index in [1.165, 1.54) is 17.7 Å². The van der Waals surface area contributed by atoms with Gasteiger partial charge >= 0.3 is 0 Å². The number of aromatic nitrogens is 2. The Balaban J connectivity index is 1.71. The van der Waals surface area contributed by atoms with Crippen molar-refractivity contribution >= 4 is 5.91 Å². The number of piperazine rings is 1. The van der Waals surface area contributed by atoms with Crippen LogP contribution in [0.5, 0.6) is 0 Å². The van der Waals surface area contributed by atoms with E-state index < -0.39 is 0 Å². The lowest BCUT2D eigenvalue weighted by Crippen LogP contribution is -2.50. The summed E-state index contributed by atoms with van der Waals surface area (Å²) in [5, 5.41) is 7.42. The van der Waals surface area contributed by atoms with E-state index in [0.717, 1.165) is 39.0 Å². The summed E-state index contributed by atoms with van der Waals surface area (Å²) >= 11 is 0. The van der Waals surface area contributed by atoms with Crippen molar-refractivity contribution in [2.45, 2.75) is 46.1 Å². The van der Waals surface area contributed by atoms with E-state index in [-0.39, 0.29) is 5.91 Å². The maximum atomic E-state index is 12.7. The molecule has 1 atom stereocenters. The lowest BCUT2D eigenvalue weighted by atomic mass is 9.87. The number of fused-ring (bicyclic) bond motifs is 1. The summed E-state index contributed by atoms with van der Waals surface area (Å²) in [5.41, 5.74) is 3.02. The first-order chi connectivity index (χ1) is 10.1. The fraction of sp³-hybridized carbons (Fsp3) is 0.750. The highest BCUT2D eigenvalue weighted by Gasteiger charge is 2.29. The summed E-state index contributed by atoms with van der Waals surface area (Å²) in [4.78, 5) is 17.1. The molecule has 1 saturated heterocycles. The van der Waals surface area contributed by atoms with E-state index in [9.17, 15) is 4.79 Å². The Kier molecular flexibility index (Phi) is 4.02. The summed E-state index contributed by atoms with van der Waals surface area (Å²) < 4.78 is 0. The monoisotopic (exact) mass is 290 g/mol. The molecule has 1 aliphatic heterocycles. The van der Waals surface area contributed by atoms with Gasteiger partial charge in [0, 0.05) is 43.5 Å². The van der Waals surface area contributed by atoms with Gasteiger partial charge in [0.2, 0.25) is 0 Å². The molecule has 0 bridgehead atoms. The predicted molar refractivity (Wildman–Crippen MR) is 82.4 cm³/mol. The molecular weight excluding hydrogens is 264 g/mol. The highest BCUT2D eigenvalue weighted by molar-refractivity contribution is 5.94. The number of aromatic amines is 1. The lowest BCUT2D eigenvalue weighted by Gasteiger charge is -2.36. The average molecular weight is 290 g/mol. The quantitative estimate of drug-likeness (QED) is 0.902. The molecule has 1 aliphatic carbocycles. The first-order valence-electron chi connectivity index (χ1n) is 8.15. The minimum atomic E-state index is 0.116. The van der Waals surface area contributed by atoms with Crippen molar-refractivity contribution in [3.63, 3.8) is 0 Å². The number of hydrogen-bond acceptors (Lipinski definition) is 3. The van der Waals surface area contributed by atoms with Crippen molar-refractivity contribution in [3.8, 4) is 0 Å². The highest BCUT2D eigenvalue weighted by Crippen LogP contribution is 2.27. The van der Waals surface area contributed by atoms with Crippen molar-refractivity contribution in [3.05, 3.63) is 17.0 Å². The number of nitrogens with zero attached hydrogens (tertiary/aromatic N) is 3. The van der Waals surface area contributed by atoms with Crippen LogP contribution in [0.1, 0.15) is 48.9 Å². The van der Waals surface area contributed by atoms with Gasteiger partial charge in [-0.05, 0) is 39.0 Å². The molecule has 1 fully saturated rings. The second kappa shape index (κ2) is 5.79. The third kappa shape index (κ3) is 2.84. The molecule has 0 radical (unpaired) electrons. The molecule has 21 heavy (non-hydrogen) atoms. The number of H-pyrrole nitrogens is 1. The van der Waals surface area contributed by atoms with E-state index in [1.807, 2.05) is 4.90 Å². The Hall–Kier alpha value is -1.36. The number of amides is 1. The van der Waals surface area contributed by atoms with E-state index in [1.54, 1.807) is 0 Å². The van der Waals surface area contributed by atoms with Crippen LogP contribution < -0.4 is 0 Å². The number of hydrogen-bond donors (Lipinski definition) is 1. The summed E-state index contributed by atoms with van der Waals surface area (Å²) in [6.07, 6.45) is 3.20. The van der Waals surface area contributed by atoms with Gasteiger partial charge in [-0.25, -0.2) is 0 Å². The maximum absolute atomic E-state index is 12.7. The fourth-order valence-electron chi connectivity index (χ4n) is 3.44. The molecule has 2 heterocycles. The van der Waals surface area contributed by atoms with E-state index >= 15 is 0 Å². The number of aryl methyl sites for hydroxylation is 1. The molecule has 0 unspecified atom stereocenters. The fourth-order valence-corrected chi connectivity index (χ4v) is 3.44. The zero-order valence-electron chi connectivity index (χ0n) is 13.4. The largest absolute Gasteiger partial charge is 0.335 e. The summed E-state index contributed by atoms with van der Waals surface area (Å²) in [6.45, 7) is 10.2. The van der Waals surface area contributed by atoms with Crippen molar-refractivity contribution in [1.29, 1.82) is 0 Å². The minimum absolute atomic E-state index is 0.116. The molecule has 2 aliphatic rings. The normalized spacial score (nSPS) is 23.4. The summed E-state index contributed by atoms with van der Waals surface area (Å²) in [6, 6.07) is 0.557. The van der Waals surface area contributed by atoms with Crippen molar-refractivity contribution in [1.82, 2.24) is 20.0 Å². The third-order valence-corrected chi connectivity index (χ3v) is 4.93. The van der Waals surface area contributed by atoms with Gasteiger partial charge in [0.25, 0.3) is 5.91 Å². The number of rotatable bonds is 2. The first-order valence-corrected chi connectivity index (χ1v) is 8.15. The molecule has 3 rings (SSSR count). The average Bonchev–Trinajstić information content (AvgIpc) is 2.89. The zero-order chi connectivity index (χ0) is 15.0. The third-order valence-electron chi connectivity index (χ3n) is 4.93. The van der Waals surface area contributed by atoms with Gasteiger partial charge in [0.1, 0.15) is 0 Å². The smallest absolute Gasteiger partial charge is 0.274 e. The Morgan fingerprint density at radius 2 is 2.00 bits per heavy atom. The van der Waals surface area contributed by atoms with E-state index in [2.05, 4.69) is 35.9 Å². The summed E-state index contributed by atoms with van der Waals surface area (Å²) in [7, 11) is 0. The van der Waals surface area contributed by atoms with Crippen LogP contribution in [0.4, 0.5) is 0 Å². The maximum Gasteiger partial charge on any atom is 0.274 e. The van der Waals surface area contributed by atoms with Crippen molar-refractivity contribution < 1.29 is 4.79 Å². The minimum Gasteiger partial charge on any atom is -0.335 e. The Morgan fingerprint density at radius 3 is 2.67 bits per heavy atom. The van der Waals surface area contributed by atoms with Gasteiger partial charge in [0.05, 0.1) is 0 Å². The van der Waals surface area contributed by atoms with Crippen LogP contribution in [-0.2, 0) is 12.8 Å². The molecule has 1 aromatic heterocycles. The highest BCUT2D eigenvalue weighted by atomic mass is 16.2. The Bertz CT molecular complexity index is 514. The van der Waals surface area contributed by atoms with Crippen molar-refractivity contribution in [2.75, 3.05) is 26.2 Å². The van der Waals surface area contributed by atoms with Crippen LogP contribution in [-0.4, -0.2) is 58.1 Å². The van der Waals surface area contributed by atoms with Gasteiger partial charge in [-0.3, -0.25) is 14.8 Å². The first kappa shape index (κ1) is 14.6. The van der Waals surface area contributed by atoms with Gasteiger partial charge in [-0.2, -0.15) is 5.10 Å². The molecule has 5 heteroatoms. The number of carbonyl (C=O) groups excluding carboxylic acids is 1. The van der Waals surface area contributed by atoms with Gasteiger partial charge in [0.15, 0.2) is 5.69 Å². The SMILES string of the molecule is CC(C)N1CCN(C(=O)c2n[nH]c3c2C[C@@H](C)CC3)CC1. The molecule has 0 spiro atoms. The molecule has 5 nitrogen and oxygen atoms in total. The van der Waals surface area contributed by atoms with Crippen LogP contribution >= 0.6 is 0 Å². The van der Waals surface area contributed by atoms with Crippen LogP contribution in [0, 0.1) is 5.92 Å². The molecule has 1 amide bonds. The van der Waals surface area contributed by atoms with Gasteiger partial charge < -0.3 is 4.90 Å². The number of carbonyl (C=O) groups is 1. The topological polar surface area (TPSA) is 52.2 Å². The zero-order valence-corrected chi connectivity index (χ0v) is 13.4. The van der Waals surface area contributed by atoms with Crippen LogP contribution in [0.15, 0.2) is 0 Å². The molecule has 0 aromatic carbocycles. The summed E-state index contributed by atoms with van der Waals surface area (Å²) in [5.74, 6) is 0.768. The van der Waals surface area contributed by atoms with Crippen molar-refractivity contribution in [2.24, 2.45) is 5.92 Å². The Labute approximate surface area is 126 Å². The predicted octanol–water partition coefficient (Wildman–Crippen LogP) is 1.70. The molecule has 1 aromatic rings. The molecule has 116 valence electrons. The van der Waals surface area contributed by atoms with Crippen LogP contribution in [0.25, 0.3) is 0 Å². The van der Waals surface area contributed by atoms with E-state index in [0.29, 0.717) is 17.7 Å². The lowest BCUT2D eigenvalue weighted by molar-refractivity contribution is 0.0588. The van der Waals surface area contributed by atoms with E-state index in [4.69, 9.17) is 0 Å². The van der Waals surface area contributed by atoms with Gasteiger partial charge in [-0.15, -0.1) is 0 Å². The van der Waals surface area contributed by atoms with Crippen LogP contribution in [0.2, 0.25) is 0 Å². The molecule has 1 N–H and O–H groups in total. The second-order valence-corrected chi connectivity index (χ2v) is 6.80. The Morgan fingerprint density at radius 1 is 1.29 bits per heavy atom. The second-order valence-electron chi connectivity index (χ2n) is 6.80. The van der Waals surface area contributed by atoms with Gasteiger partial charge in [-0.1, -0.05) is 6.92 Å². The molecular formula is C16H26N4O. The van der Waals surface area contributed by atoms with Crippen LogP contribution in [0.3, 0.4) is 0 Å². The molecule has 0 saturated carbocycles. The standard InChI is InChI=1S/C16H26N4O/c1-11(2)19-6-8-20(9-7-19)16(21)15-13-10-12(3)4-5-14(13)17-18-15/h11-12H,4-10H2,1-3H3,(H,17,18)/t12-/m0/s1.